The lowest BCUT2D eigenvalue weighted by Crippen LogP contribution is -2.46. The first-order valence-electron chi connectivity index (χ1n) is 7.42. The lowest BCUT2D eigenvalue weighted by molar-refractivity contribution is 0.0574. The predicted octanol–water partition coefficient (Wildman–Crippen LogP) is 4.14. The lowest BCUT2D eigenvalue weighted by atomic mass is 10.2. The molecular weight excluding hydrogens is 284 g/mol. The second-order valence-corrected chi connectivity index (χ2v) is 5.72. The average Bonchev–Trinajstić information content (AvgIpc) is 2.33. The van der Waals surface area contributed by atoms with Crippen LogP contribution in [0.15, 0.2) is 23.9 Å². The molecule has 126 valence electrons. The fraction of sp³-hybridized carbons (Fsp3) is 0.625. The lowest BCUT2D eigenvalue weighted by Gasteiger charge is -2.25. The quantitative estimate of drug-likeness (QED) is 0.591. The van der Waals surface area contributed by atoms with Gasteiger partial charge in [0.15, 0.2) is 0 Å². The zero-order chi connectivity index (χ0) is 17.3. The molecule has 0 atom stereocenters. The van der Waals surface area contributed by atoms with Gasteiger partial charge in [0.2, 0.25) is 0 Å². The molecular formula is C16H28N2O4. The minimum atomic E-state index is -0.723. The van der Waals surface area contributed by atoms with Crippen molar-refractivity contribution >= 4 is 12.2 Å². The van der Waals surface area contributed by atoms with Crippen molar-refractivity contribution in [3.05, 3.63) is 23.9 Å². The van der Waals surface area contributed by atoms with Crippen molar-refractivity contribution in [3.63, 3.8) is 0 Å². The number of nitrogens with zero attached hydrogens (tertiary/aromatic N) is 1. The van der Waals surface area contributed by atoms with E-state index in [1.165, 1.54) is 5.57 Å². The average molecular weight is 312 g/mol. The monoisotopic (exact) mass is 312 g/mol. The van der Waals surface area contributed by atoms with E-state index in [2.05, 4.69) is 12.0 Å². The highest BCUT2D eigenvalue weighted by atomic mass is 16.6. The number of ether oxygens (including phenoxy) is 2. The highest BCUT2D eigenvalue weighted by molar-refractivity contribution is 5.75. The van der Waals surface area contributed by atoms with Crippen LogP contribution in [-0.4, -0.2) is 29.4 Å². The first-order valence-corrected chi connectivity index (χ1v) is 7.42. The smallest absolute Gasteiger partial charge is 0.433 e. The minimum Gasteiger partial charge on any atom is -0.446 e. The summed E-state index contributed by atoms with van der Waals surface area (Å²) in [6, 6.07) is 0. The summed E-state index contributed by atoms with van der Waals surface area (Å²) in [4.78, 5) is 23.8. The largest absolute Gasteiger partial charge is 0.446 e. The summed E-state index contributed by atoms with van der Waals surface area (Å²) in [6.07, 6.45) is 1.26. The summed E-state index contributed by atoms with van der Waals surface area (Å²) in [7, 11) is 0. The molecule has 1 N–H and O–H groups in total. The highest BCUT2D eigenvalue weighted by Crippen LogP contribution is 2.12. The second-order valence-electron chi connectivity index (χ2n) is 5.72. The van der Waals surface area contributed by atoms with Crippen LogP contribution < -0.4 is 5.43 Å². The van der Waals surface area contributed by atoms with Crippen molar-refractivity contribution in [1.82, 2.24) is 10.4 Å². The van der Waals surface area contributed by atoms with Crippen LogP contribution in [0.1, 0.15) is 54.4 Å². The fourth-order valence-electron chi connectivity index (χ4n) is 1.48. The number of carbonyl (C=O) groups is 2. The van der Waals surface area contributed by atoms with Gasteiger partial charge in [0.25, 0.3) is 0 Å². The Morgan fingerprint density at radius 3 is 2.14 bits per heavy atom. The first kappa shape index (κ1) is 20.0. The fourth-order valence-corrected chi connectivity index (χ4v) is 1.48. The topological polar surface area (TPSA) is 67.9 Å². The Morgan fingerprint density at radius 2 is 1.68 bits per heavy atom. The van der Waals surface area contributed by atoms with E-state index in [9.17, 15) is 9.59 Å². The van der Waals surface area contributed by atoms with Gasteiger partial charge in [-0.15, -0.1) is 0 Å². The predicted molar refractivity (Wildman–Crippen MR) is 86.0 cm³/mol. The standard InChI is InChI=1S/C16H28N2O4/c1-11(2)9-8-10-14(7)18(16(20)22-13(5)6)17-15(19)21-12(3)4/h9,12-13H,7-8,10H2,1-6H3,(H,17,19). The number of carbonyl (C=O) groups excluding carboxylic acids is 2. The molecule has 0 aromatic carbocycles. The van der Waals surface area contributed by atoms with E-state index in [1.54, 1.807) is 27.7 Å². The number of nitrogens with one attached hydrogen (secondary N) is 1. The number of hydrogen-bond donors (Lipinski definition) is 1. The van der Waals surface area contributed by atoms with Crippen LogP contribution in [0.25, 0.3) is 0 Å². The molecule has 0 rings (SSSR count). The van der Waals surface area contributed by atoms with Crippen LogP contribution in [0.2, 0.25) is 0 Å². The van der Waals surface area contributed by atoms with Crippen LogP contribution >= 0.6 is 0 Å². The SMILES string of the molecule is C=C(CCC=C(C)C)N(NC(=O)OC(C)C)C(=O)OC(C)C. The molecule has 6 nitrogen and oxygen atoms in total. The molecule has 0 fully saturated rings. The van der Waals surface area contributed by atoms with Crippen molar-refractivity contribution in [2.24, 2.45) is 0 Å². The van der Waals surface area contributed by atoms with Crippen molar-refractivity contribution < 1.29 is 19.1 Å². The molecule has 0 saturated heterocycles. The van der Waals surface area contributed by atoms with E-state index in [-0.39, 0.29) is 12.2 Å². The van der Waals surface area contributed by atoms with Crippen molar-refractivity contribution in [2.75, 3.05) is 0 Å². The summed E-state index contributed by atoms with van der Waals surface area (Å²) >= 11 is 0. The maximum absolute atomic E-state index is 12.1. The van der Waals surface area contributed by atoms with E-state index in [0.29, 0.717) is 18.5 Å². The summed E-state index contributed by atoms with van der Waals surface area (Å²) < 4.78 is 10.1. The van der Waals surface area contributed by atoms with Gasteiger partial charge in [-0.3, -0.25) is 0 Å². The Morgan fingerprint density at radius 1 is 1.14 bits per heavy atom. The molecule has 22 heavy (non-hydrogen) atoms. The first-order chi connectivity index (χ1) is 10.1. The summed E-state index contributed by atoms with van der Waals surface area (Å²) in [5, 5.41) is 1.00. The third-order valence-corrected chi connectivity index (χ3v) is 2.37. The minimum absolute atomic E-state index is 0.290. The van der Waals surface area contributed by atoms with Crippen molar-refractivity contribution in [1.29, 1.82) is 0 Å². The van der Waals surface area contributed by atoms with Crippen LogP contribution in [-0.2, 0) is 9.47 Å². The van der Waals surface area contributed by atoms with Gasteiger partial charge in [-0.25, -0.2) is 15.0 Å². The van der Waals surface area contributed by atoms with Gasteiger partial charge in [0.05, 0.1) is 12.2 Å². The van der Waals surface area contributed by atoms with E-state index in [4.69, 9.17) is 9.47 Å². The van der Waals surface area contributed by atoms with Gasteiger partial charge in [0.1, 0.15) is 0 Å². The van der Waals surface area contributed by atoms with Crippen molar-refractivity contribution in [3.8, 4) is 0 Å². The number of allylic oxidation sites excluding steroid dienone is 3. The number of hydrogen-bond acceptors (Lipinski definition) is 4. The summed E-state index contributed by atoms with van der Waals surface area (Å²) in [5.41, 5.74) is 3.98. The van der Waals surface area contributed by atoms with Gasteiger partial charge in [-0.05, 0) is 54.4 Å². The molecule has 0 aromatic rings. The molecule has 0 aliphatic carbocycles. The van der Waals surface area contributed by atoms with Crippen molar-refractivity contribution in [2.45, 2.75) is 66.6 Å². The molecule has 2 amide bonds. The number of amides is 2. The van der Waals surface area contributed by atoms with E-state index >= 15 is 0 Å². The molecule has 0 bridgehead atoms. The molecule has 0 spiro atoms. The van der Waals surface area contributed by atoms with Crippen LogP contribution in [0.4, 0.5) is 9.59 Å². The third-order valence-electron chi connectivity index (χ3n) is 2.37. The van der Waals surface area contributed by atoms with Gasteiger partial charge >= 0.3 is 12.2 Å². The van der Waals surface area contributed by atoms with E-state index in [1.807, 2.05) is 19.9 Å². The van der Waals surface area contributed by atoms with Gasteiger partial charge in [-0.2, -0.15) is 5.01 Å². The van der Waals surface area contributed by atoms with Gasteiger partial charge in [-0.1, -0.05) is 18.2 Å². The molecule has 0 unspecified atom stereocenters. The van der Waals surface area contributed by atoms with Gasteiger partial charge < -0.3 is 9.47 Å². The molecule has 0 radical (unpaired) electrons. The molecule has 6 heteroatoms. The Kier molecular flexibility index (Phi) is 8.98. The maximum Gasteiger partial charge on any atom is 0.433 e. The molecule has 0 saturated carbocycles. The molecule has 0 aliphatic rings. The van der Waals surface area contributed by atoms with E-state index in [0.717, 1.165) is 5.01 Å². The zero-order valence-electron chi connectivity index (χ0n) is 14.4. The molecule has 0 aromatic heterocycles. The normalized spacial score (nSPS) is 10.2. The second kappa shape index (κ2) is 9.87. The van der Waals surface area contributed by atoms with Gasteiger partial charge in [0, 0.05) is 5.70 Å². The summed E-state index contributed by atoms with van der Waals surface area (Å²) in [5.74, 6) is 0. The highest BCUT2D eigenvalue weighted by Gasteiger charge is 2.22. The Balaban J connectivity index is 4.84. The van der Waals surface area contributed by atoms with Crippen LogP contribution in [0.5, 0.6) is 0 Å². The Bertz CT molecular complexity index is 424. The third kappa shape index (κ3) is 9.05. The van der Waals surface area contributed by atoms with Crippen LogP contribution in [0, 0.1) is 0 Å². The summed E-state index contributed by atoms with van der Waals surface area (Å²) in [6.45, 7) is 14.7. The maximum atomic E-state index is 12.1. The molecule has 0 aliphatic heterocycles. The van der Waals surface area contributed by atoms with E-state index < -0.39 is 12.2 Å². The Labute approximate surface area is 133 Å². The van der Waals surface area contributed by atoms with Crippen LogP contribution in [0.3, 0.4) is 0 Å². The molecule has 0 heterocycles. The number of rotatable bonds is 6. The zero-order valence-corrected chi connectivity index (χ0v) is 14.4. The Hall–Kier alpha value is -1.98. The number of hydrazine groups is 1.